The van der Waals surface area contributed by atoms with Gasteiger partial charge in [-0.05, 0) is 118 Å². The van der Waals surface area contributed by atoms with Gasteiger partial charge in [0.15, 0.2) is 0 Å². The minimum atomic E-state index is -2.23. The van der Waals surface area contributed by atoms with Crippen molar-refractivity contribution in [3.05, 3.63) is 168 Å². The van der Waals surface area contributed by atoms with Gasteiger partial charge in [0.1, 0.15) is 11.6 Å². The van der Waals surface area contributed by atoms with Gasteiger partial charge in [0.05, 0.1) is 28.0 Å². The zero-order valence-electron chi connectivity index (χ0n) is 36.1. The second-order valence-electron chi connectivity index (χ2n) is 16.5. The lowest BCUT2D eigenvalue weighted by Gasteiger charge is -2.23. The van der Waals surface area contributed by atoms with Crippen molar-refractivity contribution < 1.29 is 9.22 Å². The molecule has 56 heavy (non-hydrogen) atoms. The molecule has 0 fully saturated rings. The van der Waals surface area contributed by atoms with Crippen molar-refractivity contribution in [3.8, 4) is 67.5 Å². The third kappa shape index (κ3) is 6.92. The highest BCUT2D eigenvalue weighted by Crippen LogP contribution is 2.43. The molecule has 0 aliphatic rings. The zero-order chi connectivity index (χ0) is 41.9. The van der Waals surface area contributed by atoms with E-state index in [2.05, 4.69) is 92.1 Å². The van der Waals surface area contributed by atoms with Gasteiger partial charge in [0.25, 0.3) is 0 Å². The molecule has 8 rings (SSSR count). The monoisotopic (exact) mass is 734 g/mol. The smallest absolute Gasteiger partial charge is 0.149 e. The standard InChI is InChI=1S/C52H49N3O/c1-33-26-34(2)49(56)44(27-33)50-54-48-42(20-15-21-47(48)55(50)46-23-22-40(51(3,4)5)32-43(46)36-18-13-10-14-19-36)38-28-39(30-41(29-38)52(6,7)8)45-31-37(24-25-53-45)35-16-11-9-12-17-35/h9-32,56H,1-8H3/i3D3. The van der Waals surface area contributed by atoms with Crippen molar-refractivity contribution >= 4 is 11.0 Å². The van der Waals surface area contributed by atoms with Crippen LogP contribution in [0.5, 0.6) is 5.75 Å². The van der Waals surface area contributed by atoms with Crippen LogP contribution in [0.4, 0.5) is 0 Å². The summed E-state index contributed by atoms with van der Waals surface area (Å²) in [7, 11) is 0. The zero-order valence-corrected chi connectivity index (χ0v) is 33.1. The number of rotatable bonds is 6. The van der Waals surface area contributed by atoms with Crippen LogP contribution in [0.3, 0.4) is 0 Å². The van der Waals surface area contributed by atoms with E-state index < -0.39 is 12.3 Å². The number of phenolic OH excluding ortho intramolecular Hbond substituents is 1. The van der Waals surface area contributed by atoms with Gasteiger partial charge >= 0.3 is 0 Å². The van der Waals surface area contributed by atoms with E-state index in [1.165, 1.54) is 5.56 Å². The van der Waals surface area contributed by atoms with Crippen molar-refractivity contribution in [2.24, 2.45) is 0 Å². The number of phenols is 1. The SMILES string of the molecule is [2H]C([2H])([2H])C(C)(C)c1ccc(-n2c(-c3cc(C)cc(C)c3O)nc3c(-c4cc(-c5cc(-c6ccccc6)ccn5)cc(C(C)(C)C)c4)cccc32)c(-c2ccccc2)c1. The molecule has 0 radical (unpaired) electrons. The predicted octanol–water partition coefficient (Wildman–Crippen LogP) is 13.7. The highest BCUT2D eigenvalue weighted by molar-refractivity contribution is 5.98. The average Bonchev–Trinajstić information content (AvgIpc) is 3.61. The van der Waals surface area contributed by atoms with Gasteiger partial charge in [-0.1, -0.05) is 132 Å². The van der Waals surface area contributed by atoms with Crippen LogP contribution in [0, 0.1) is 13.8 Å². The summed E-state index contributed by atoms with van der Waals surface area (Å²) < 4.78 is 27.4. The van der Waals surface area contributed by atoms with E-state index in [9.17, 15) is 5.11 Å². The highest BCUT2D eigenvalue weighted by atomic mass is 16.3. The number of para-hydroxylation sites is 1. The Morgan fingerprint density at radius 3 is 2.00 bits per heavy atom. The van der Waals surface area contributed by atoms with Gasteiger partial charge < -0.3 is 5.11 Å². The molecule has 0 atom stereocenters. The Labute approximate surface area is 335 Å². The molecule has 0 saturated carbocycles. The summed E-state index contributed by atoms with van der Waals surface area (Å²) in [5.74, 6) is 0.748. The Morgan fingerprint density at radius 2 is 1.29 bits per heavy atom. The van der Waals surface area contributed by atoms with Gasteiger partial charge in [0, 0.05) is 27.0 Å². The van der Waals surface area contributed by atoms with Gasteiger partial charge in [-0.2, -0.15) is 0 Å². The van der Waals surface area contributed by atoms with Crippen LogP contribution in [0.2, 0.25) is 0 Å². The van der Waals surface area contributed by atoms with Crippen LogP contribution in [0.1, 0.15) is 67.8 Å². The Hall–Kier alpha value is -6.26. The van der Waals surface area contributed by atoms with E-state index in [0.717, 1.165) is 72.5 Å². The minimum Gasteiger partial charge on any atom is -0.507 e. The summed E-state index contributed by atoms with van der Waals surface area (Å²) in [6.45, 7) is 11.9. The number of fused-ring (bicyclic) bond motifs is 1. The molecule has 8 aromatic rings. The summed E-state index contributed by atoms with van der Waals surface area (Å²) in [6, 6.07) is 47.4. The number of aromatic nitrogens is 3. The Bertz CT molecular complexity index is 2850. The lowest BCUT2D eigenvalue weighted by atomic mass is 9.83. The molecular formula is C52H49N3O. The third-order valence-corrected chi connectivity index (χ3v) is 10.7. The number of hydrogen-bond donors (Lipinski definition) is 1. The summed E-state index contributed by atoms with van der Waals surface area (Å²) in [6.07, 6.45) is 1.88. The summed E-state index contributed by atoms with van der Waals surface area (Å²) >= 11 is 0. The molecule has 2 aromatic heterocycles. The molecule has 0 bridgehead atoms. The van der Waals surface area contributed by atoms with Crippen LogP contribution in [-0.4, -0.2) is 19.6 Å². The van der Waals surface area contributed by atoms with Crippen LogP contribution < -0.4 is 0 Å². The first-order chi connectivity index (χ1) is 28.0. The third-order valence-electron chi connectivity index (χ3n) is 10.7. The predicted molar refractivity (Wildman–Crippen MR) is 235 cm³/mol. The van der Waals surface area contributed by atoms with E-state index >= 15 is 0 Å². The minimum absolute atomic E-state index is 0.163. The number of aryl methyl sites for hydroxylation is 2. The van der Waals surface area contributed by atoms with Crippen molar-refractivity contribution in [2.45, 2.75) is 66.1 Å². The van der Waals surface area contributed by atoms with Crippen LogP contribution in [0.15, 0.2) is 146 Å². The second-order valence-corrected chi connectivity index (χ2v) is 16.5. The van der Waals surface area contributed by atoms with E-state index in [4.69, 9.17) is 14.1 Å². The number of imidazole rings is 1. The lowest BCUT2D eigenvalue weighted by molar-refractivity contribution is 0.472. The molecule has 0 spiro atoms. The first-order valence-electron chi connectivity index (χ1n) is 20.7. The largest absolute Gasteiger partial charge is 0.507 e. The van der Waals surface area contributed by atoms with Crippen molar-refractivity contribution in [1.29, 1.82) is 0 Å². The Kier molecular flexibility index (Phi) is 8.34. The molecule has 0 saturated heterocycles. The molecule has 0 amide bonds. The number of aromatic hydroxyl groups is 1. The highest BCUT2D eigenvalue weighted by Gasteiger charge is 2.25. The van der Waals surface area contributed by atoms with Crippen LogP contribution >= 0.6 is 0 Å². The lowest BCUT2D eigenvalue weighted by Crippen LogP contribution is -2.12. The number of benzene rings is 6. The summed E-state index contributed by atoms with van der Waals surface area (Å²) in [5, 5.41) is 11.8. The van der Waals surface area contributed by atoms with E-state index in [-0.39, 0.29) is 11.2 Å². The maximum Gasteiger partial charge on any atom is 0.149 e. The number of nitrogens with zero attached hydrogens (tertiary/aromatic N) is 3. The van der Waals surface area contributed by atoms with E-state index in [0.29, 0.717) is 17.0 Å². The quantitative estimate of drug-likeness (QED) is 0.185. The van der Waals surface area contributed by atoms with Crippen molar-refractivity contribution in [1.82, 2.24) is 14.5 Å². The van der Waals surface area contributed by atoms with Crippen LogP contribution in [0.25, 0.3) is 72.7 Å². The van der Waals surface area contributed by atoms with E-state index in [1.807, 2.05) is 92.8 Å². The maximum atomic E-state index is 11.8. The molecule has 4 heteroatoms. The number of hydrogen-bond acceptors (Lipinski definition) is 3. The fourth-order valence-electron chi connectivity index (χ4n) is 7.62. The summed E-state index contributed by atoms with van der Waals surface area (Å²) in [4.78, 5) is 10.3. The normalized spacial score (nSPS) is 13.0. The molecule has 0 unspecified atom stereocenters. The fraction of sp³-hybridized carbons (Fsp3) is 0.192. The molecule has 0 aliphatic carbocycles. The maximum absolute atomic E-state index is 11.8. The number of pyridine rings is 1. The molecular weight excluding hydrogens is 683 g/mol. The molecule has 1 N–H and O–H groups in total. The van der Waals surface area contributed by atoms with Gasteiger partial charge in [-0.15, -0.1) is 0 Å². The molecule has 2 heterocycles. The van der Waals surface area contributed by atoms with Crippen molar-refractivity contribution in [3.63, 3.8) is 0 Å². The molecule has 278 valence electrons. The van der Waals surface area contributed by atoms with Crippen molar-refractivity contribution in [2.75, 3.05) is 0 Å². The first-order valence-corrected chi connectivity index (χ1v) is 19.2. The van der Waals surface area contributed by atoms with Gasteiger partial charge in [0.2, 0.25) is 0 Å². The fourth-order valence-corrected chi connectivity index (χ4v) is 7.62. The Morgan fingerprint density at radius 1 is 0.571 bits per heavy atom. The topological polar surface area (TPSA) is 50.9 Å². The van der Waals surface area contributed by atoms with E-state index in [1.54, 1.807) is 13.8 Å². The first kappa shape index (κ1) is 33.1. The average molecular weight is 735 g/mol. The molecule has 6 aromatic carbocycles. The Balaban J connectivity index is 1.42. The van der Waals surface area contributed by atoms with Gasteiger partial charge in [-0.25, -0.2) is 4.98 Å². The summed E-state index contributed by atoms with van der Waals surface area (Å²) in [5.41, 5.74) is 13.3. The second kappa shape index (κ2) is 14.1. The molecule has 4 nitrogen and oxygen atoms in total. The van der Waals surface area contributed by atoms with Crippen LogP contribution in [-0.2, 0) is 10.8 Å². The molecule has 0 aliphatic heterocycles. The van der Waals surface area contributed by atoms with Gasteiger partial charge in [-0.3, -0.25) is 9.55 Å².